The molecule has 0 saturated carbocycles. The Kier molecular flexibility index (Phi) is 6.28. The molecule has 25 heavy (non-hydrogen) atoms. The molecule has 2 aromatic carbocycles. The summed E-state index contributed by atoms with van der Waals surface area (Å²) in [5.41, 5.74) is 1.98. The molecule has 0 bridgehead atoms. The first-order valence-electron chi connectivity index (χ1n) is 7.47. The van der Waals surface area contributed by atoms with Crippen LogP contribution in [0.5, 0.6) is 0 Å². The van der Waals surface area contributed by atoms with Gasteiger partial charge < -0.3 is 15.7 Å². The molecular formula is C19H18BrClN2O2. The van der Waals surface area contributed by atoms with E-state index >= 15 is 0 Å². The molecule has 0 fully saturated rings. The Morgan fingerprint density at radius 1 is 1.28 bits per heavy atom. The topological polar surface area (TPSA) is 61.4 Å². The first-order valence-corrected chi connectivity index (χ1v) is 8.64. The van der Waals surface area contributed by atoms with E-state index in [4.69, 9.17) is 11.6 Å². The highest BCUT2D eigenvalue weighted by molar-refractivity contribution is 9.10. The molecule has 3 N–H and O–H groups in total. The average Bonchev–Trinajstić information content (AvgIpc) is 2.53. The number of hydrogen-bond donors (Lipinski definition) is 3. The van der Waals surface area contributed by atoms with E-state index in [2.05, 4.69) is 33.1 Å². The van der Waals surface area contributed by atoms with E-state index in [0.29, 0.717) is 21.6 Å². The SMILES string of the molecule is C=c1c(NC(=O)Nc2ccc(Br)cc2)c(Cl)cc(C)/c1=C/C=C(\C)O. The van der Waals surface area contributed by atoms with Gasteiger partial charge >= 0.3 is 6.03 Å². The molecule has 0 aromatic heterocycles. The lowest BCUT2D eigenvalue weighted by atomic mass is 10.1. The molecule has 0 aliphatic heterocycles. The summed E-state index contributed by atoms with van der Waals surface area (Å²) in [5, 5.41) is 16.6. The third-order valence-electron chi connectivity index (χ3n) is 3.47. The van der Waals surface area contributed by atoms with Gasteiger partial charge in [-0.15, -0.1) is 0 Å². The van der Waals surface area contributed by atoms with Gasteiger partial charge in [0.1, 0.15) is 0 Å². The third-order valence-corrected chi connectivity index (χ3v) is 4.29. The minimum Gasteiger partial charge on any atom is -0.513 e. The van der Waals surface area contributed by atoms with Crippen molar-refractivity contribution >= 4 is 57.6 Å². The quantitative estimate of drug-likeness (QED) is 0.629. The second-order valence-corrected chi connectivity index (χ2v) is 6.83. The van der Waals surface area contributed by atoms with Crippen LogP contribution in [0.3, 0.4) is 0 Å². The normalized spacial score (nSPS) is 12.2. The predicted molar refractivity (Wildman–Crippen MR) is 109 cm³/mol. The number of urea groups is 1. The van der Waals surface area contributed by atoms with Crippen LogP contribution >= 0.6 is 27.5 Å². The number of benzene rings is 2. The summed E-state index contributed by atoms with van der Waals surface area (Å²) >= 11 is 9.61. The van der Waals surface area contributed by atoms with Crippen molar-refractivity contribution in [2.75, 3.05) is 10.6 Å². The average molecular weight is 422 g/mol. The molecular weight excluding hydrogens is 404 g/mol. The number of carbonyl (C=O) groups is 1. The number of carbonyl (C=O) groups excluding carboxylic acids is 1. The number of anilines is 2. The second-order valence-electron chi connectivity index (χ2n) is 5.50. The first kappa shape index (κ1) is 19.1. The number of aliphatic hydroxyl groups is 1. The second kappa shape index (κ2) is 8.23. The lowest BCUT2D eigenvalue weighted by Gasteiger charge is -2.11. The lowest BCUT2D eigenvalue weighted by Crippen LogP contribution is -2.32. The zero-order chi connectivity index (χ0) is 18.6. The van der Waals surface area contributed by atoms with E-state index in [-0.39, 0.29) is 5.76 Å². The van der Waals surface area contributed by atoms with Gasteiger partial charge in [0, 0.05) is 10.2 Å². The fraction of sp³-hybridized carbons (Fsp3) is 0.105. The number of nitrogens with one attached hydrogen (secondary N) is 2. The molecule has 0 spiro atoms. The van der Waals surface area contributed by atoms with Crippen LogP contribution in [0.1, 0.15) is 12.5 Å². The summed E-state index contributed by atoms with van der Waals surface area (Å²) in [6.45, 7) is 7.48. The van der Waals surface area contributed by atoms with E-state index in [1.54, 1.807) is 37.3 Å². The Labute approximate surface area is 159 Å². The Hall–Kier alpha value is -2.24. The highest BCUT2D eigenvalue weighted by atomic mass is 79.9. The van der Waals surface area contributed by atoms with Gasteiger partial charge in [-0.3, -0.25) is 0 Å². The van der Waals surface area contributed by atoms with E-state index in [9.17, 15) is 9.90 Å². The molecule has 4 nitrogen and oxygen atoms in total. The number of aliphatic hydroxyl groups excluding tert-OH is 1. The fourth-order valence-electron chi connectivity index (χ4n) is 2.24. The van der Waals surface area contributed by atoms with Gasteiger partial charge in [-0.1, -0.05) is 40.2 Å². The Morgan fingerprint density at radius 2 is 1.92 bits per heavy atom. The number of allylic oxidation sites excluding steroid dienone is 2. The van der Waals surface area contributed by atoms with Crippen molar-refractivity contribution in [3.8, 4) is 0 Å². The van der Waals surface area contributed by atoms with Crippen molar-refractivity contribution in [1.82, 2.24) is 0 Å². The van der Waals surface area contributed by atoms with Crippen LogP contribution in [0, 0.1) is 6.92 Å². The lowest BCUT2D eigenvalue weighted by molar-refractivity contribution is 0.262. The summed E-state index contributed by atoms with van der Waals surface area (Å²) in [7, 11) is 0. The smallest absolute Gasteiger partial charge is 0.323 e. The number of rotatable bonds is 3. The number of halogens is 2. The largest absolute Gasteiger partial charge is 0.513 e. The molecule has 0 aliphatic carbocycles. The molecule has 130 valence electrons. The van der Waals surface area contributed by atoms with E-state index in [0.717, 1.165) is 15.3 Å². The Bertz CT molecular complexity index is 933. The van der Waals surface area contributed by atoms with E-state index < -0.39 is 6.03 Å². The maximum Gasteiger partial charge on any atom is 0.323 e. The highest BCUT2D eigenvalue weighted by Gasteiger charge is 2.09. The summed E-state index contributed by atoms with van der Waals surface area (Å²) in [6.07, 6.45) is 3.30. The third kappa shape index (κ3) is 5.11. The minimum absolute atomic E-state index is 0.177. The van der Waals surface area contributed by atoms with Crippen molar-refractivity contribution in [2.24, 2.45) is 0 Å². The van der Waals surface area contributed by atoms with Crippen LogP contribution in [0.15, 0.2) is 46.6 Å². The van der Waals surface area contributed by atoms with E-state index in [1.807, 2.05) is 19.1 Å². The monoisotopic (exact) mass is 420 g/mol. The standard InChI is InChI=1S/C19H18BrClN2O2/c1-11-10-17(21)18(13(3)16(11)9-4-12(2)24)23-19(25)22-15-7-5-14(20)6-8-15/h4-10,24H,3H2,1-2H3,(H2,22,23,25)/b12-4+,16-9-. The van der Waals surface area contributed by atoms with Crippen LogP contribution < -0.4 is 21.1 Å². The molecule has 2 aromatic rings. The van der Waals surface area contributed by atoms with Gasteiger partial charge in [-0.25, -0.2) is 4.79 Å². The summed E-state index contributed by atoms with van der Waals surface area (Å²) in [6, 6.07) is 8.55. The fourth-order valence-corrected chi connectivity index (χ4v) is 2.83. The molecule has 0 saturated heterocycles. The zero-order valence-electron chi connectivity index (χ0n) is 13.9. The molecule has 2 amide bonds. The number of aryl methyl sites for hydroxylation is 1. The van der Waals surface area contributed by atoms with Crippen LogP contribution in [-0.4, -0.2) is 11.1 Å². The van der Waals surface area contributed by atoms with Gasteiger partial charge in [0.15, 0.2) is 0 Å². The van der Waals surface area contributed by atoms with Crippen LogP contribution in [0.25, 0.3) is 12.7 Å². The molecule has 0 aliphatic rings. The van der Waals surface area contributed by atoms with E-state index in [1.165, 1.54) is 0 Å². The summed E-state index contributed by atoms with van der Waals surface area (Å²) in [4.78, 5) is 12.3. The van der Waals surface area contributed by atoms with Crippen LogP contribution in [0.2, 0.25) is 5.02 Å². The van der Waals surface area contributed by atoms with Gasteiger partial charge in [0.05, 0.1) is 16.5 Å². The van der Waals surface area contributed by atoms with Crippen molar-refractivity contribution in [3.05, 3.63) is 67.7 Å². The molecule has 0 heterocycles. The molecule has 0 radical (unpaired) electrons. The van der Waals surface area contributed by atoms with Gasteiger partial charge in [-0.05, 0) is 66.3 Å². The maximum atomic E-state index is 12.3. The molecule has 6 heteroatoms. The first-order chi connectivity index (χ1) is 11.8. The van der Waals surface area contributed by atoms with Crippen molar-refractivity contribution in [2.45, 2.75) is 13.8 Å². The van der Waals surface area contributed by atoms with Gasteiger partial charge in [0.2, 0.25) is 0 Å². The summed E-state index contributed by atoms with van der Waals surface area (Å²) < 4.78 is 0.924. The maximum absolute atomic E-state index is 12.3. The van der Waals surface area contributed by atoms with Gasteiger partial charge in [-0.2, -0.15) is 0 Å². The molecule has 2 rings (SSSR count). The predicted octanol–water partition coefficient (Wildman–Crippen LogP) is 4.71. The molecule has 0 unspecified atom stereocenters. The van der Waals surface area contributed by atoms with Crippen molar-refractivity contribution < 1.29 is 9.90 Å². The summed E-state index contributed by atoms with van der Waals surface area (Å²) in [5.74, 6) is 0.177. The van der Waals surface area contributed by atoms with Crippen LogP contribution in [-0.2, 0) is 0 Å². The number of amides is 2. The Balaban J connectivity index is 2.33. The van der Waals surface area contributed by atoms with Gasteiger partial charge in [0.25, 0.3) is 0 Å². The zero-order valence-corrected chi connectivity index (χ0v) is 16.2. The molecule has 0 atom stereocenters. The highest BCUT2D eigenvalue weighted by Crippen LogP contribution is 2.18. The Morgan fingerprint density at radius 3 is 2.52 bits per heavy atom. The minimum atomic E-state index is -0.419. The van der Waals surface area contributed by atoms with Crippen molar-refractivity contribution in [1.29, 1.82) is 0 Å². The van der Waals surface area contributed by atoms with Crippen LogP contribution in [0.4, 0.5) is 16.2 Å². The van der Waals surface area contributed by atoms with Crippen molar-refractivity contribution in [3.63, 3.8) is 0 Å². The number of hydrogen-bond acceptors (Lipinski definition) is 2.